The van der Waals surface area contributed by atoms with E-state index in [2.05, 4.69) is 4.99 Å². The van der Waals surface area contributed by atoms with Gasteiger partial charge in [-0.15, -0.1) is 0 Å². The Hall–Kier alpha value is -2.46. The van der Waals surface area contributed by atoms with Gasteiger partial charge in [-0.1, -0.05) is 26.8 Å². The maximum absolute atomic E-state index is 14.4. The number of alkyl halides is 3. The molecule has 164 valence electrons. The Morgan fingerprint density at radius 3 is 2.40 bits per heavy atom. The fourth-order valence-corrected chi connectivity index (χ4v) is 3.32. The number of carbonyl (C=O) groups is 1. The SMILES string of the molecule is Cn1c(C(C)(C)C)cc(=NC(=O)c2cccc(C(F)(F)F)c2F)n1CC1OCCO1. The van der Waals surface area contributed by atoms with E-state index in [9.17, 15) is 22.4 Å². The van der Waals surface area contributed by atoms with Crippen molar-refractivity contribution in [2.45, 2.75) is 45.2 Å². The van der Waals surface area contributed by atoms with Crippen LogP contribution in [0.5, 0.6) is 0 Å². The highest BCUT2D eigenvalue weighted by molar-refractivity contribution is 5.95. The fourth-order valence-electron chi connectivity index (χ4n) is 3.32. The van der Waals surface area contributed by atoms with Gasteiger partial charge < -0.3 is 9.47 Å². The second-order valence-corrected chi connectivity index (χ2v) is 8.00. The second-order valence-electron chi connectivity index (χ2n) is 8.00. The van der Waals surface area contributed by atoms with Crippen molar-refractivity contribution >= 4 is 5.91 Å². The van der Waals surface area contributed by atoms with Crippen LogP contribution in [0.2, 0.25) is 0 Å². The molecular weight excluding hydrogens is 406 g/mol. The zero-order valence-corrected chi connectivity index (χ0v) is 17.1. The van der Waals surface area contributed by atoms with E-state index in [1.807, 2.05) is 20.8 Å². The van der Waals surface area contributed by atoms with E-state index < -0.39 is 35.3 Å². The molecule has 0 atom stereocenters. The molecule has 6 nitrogen and oxygen atoms in total. The van der Waals surface area contributed by atoms with Gasteiger partial charge >= 0.3 is 6.18 Å². The lowest BCUT2D eigenvalue weighted by Gasteiger charge is -2.21. The smallest absolute Gasteiger partial charge is 0.348 e. The van der Waals surface area contributed by atoms with Crippen LogP contribution in [-0.2, 0) is 34.7 Å². The molecule has 0 unspecified atom stereocenters. The summed E-state index contributed by atoms with van der Waals surface area (Å²) in [5.41, 5.74) is -1.58. The van der Waals surface area contributed by atoms with Gasteiger partial charge in [0.2, 0.25) is 0 Å². The molecule has 1 saturated heterocycles. The van der Waals surface area contributed by atoms with Crippen LogP contribution >= 0.6 is 0 Å². The quantitative estimate of drug-likeness (QED) is 0.703. The summed E-state index contributed by atoms with van der Waals surface area (Å²) in [6.45, 7) is 6.98. The van der Waals surface area contributed by atoms with E-state index in [1.54, 1.807) is 22.5 Å². The Morgan fingerprint density at radius 2 is 1.83 bits per heavy atom. The first-order valence-corrected chi connectivity index (χ1v) is 9.35. The molecule has 0 radical (unpaired) electrons. The molecule has 1 aromatic carbocycles. The third-order valence-electron chi connectivity index (χ3n) is 4.77. The summed E-state index contributed by atoms with van der Waals surface area (Å²) in [5.74, 6) is -2.74. The molecule has 1 amide bonds. The van der Waals surface area contributed by atoms with Crippen LogP contribution in [0, 0.1) is 5.82 Å². The molecule has 0 spiro atoms. The second kappa shape index (κ2) is 7.99. The number of amides is 1. The number of nitrogens with zero attached hydrogens (tertiary/aromatic N) is 3. The van der Waals surface area contributed by atoms with Gasteiger partial charge in [0.05, 0.1) is 30.9 Å². The number of carbonyl (C=O) groups excluding carboxylic acids is 1. The van der Waals surface area contributed by atoms with Crippen molar-refractivity contribution in [3.63, 3.8) is 0 Å². The molecule has 1 aromatic heterocycles. The first-order chi connectivity index (χ1) is 13.9. The van der Waals surface area contributed by atoms with Gasteiger partial charge in [0.1, 0.15) is 5.82 Å². The van der Waals surface area contributed by atoms with Gasteiger partial charge in [0.25, 0.3) is 5.91 Å². The zero-order chi connectivity index (χ0) is 22.3. The van der Waals surface area contributed by atoms with Crippen LogP contribution in [-0.4, -0.2) is 34.8 Å². The predicted molar refractivity (Wildman–Crippen MR) is 99.1 cm³/mol. The largest absolute Gasteiger partial charge is 0.419 e. The van der Waals surface area contributed by atoms with Crippen molar-refractivity contribution < 1.29 is 31.8 Å². The fraction of sp³-hybridized carbons (Fsp3) is 0.500. The summed E-state index contributed by atoms with van der Waals surface area (Å²) < 4.78 is 67.6. The normalized spacial score (nSPS) is 16.5. The third kappa shape index (κ3) is 4.49. The lowest BCUT2D eigenvalue weighted by Crippen LogP contribution is -2.31. The van der Waals surface area contributed by atoms with Gasteiger partial charge in [-0.05, 0) is 12.1 Å². The third-order valence-corrected chi connectivity index (χ3v) is 4.77. The van der Waals surface area contributed by atoms with Crippen molar-refractivity contribution in [2.24, 2.45) is 12.0 Å². The molecule has 0 saturated carbocycles. The molecule has 30 heavy (non-hydrogen) atoms. The van der Waals surface area contributed by atoms with Crippen LogP contribution < -0.4 is 5.49 Å². The predicted octanol–water partition coefficient (Wildman–Crippen LogP) is 3.40. The molecule has 3 rings (SSSR count). The van der Waals surface area contributed by atoms with E-state index >= 15 is 0 Å². The molecule has 0 N–H and O–H groups in total. The zero-order valence-electron chi connectivity index (χ0n) is 17.1. The lowest BCUT2D eigenvalue weighted by atomic mass is 9.92. The number of benzene rings is 1. The molecule has 2 heterocycles. The van der Waals surface area contributed by atoms with E-state index in [0.717, 1.165) is 17.8 Å². The number of rotatable bonds is 3. The molecule has 10 heteroatoms. The molecule has 2 aromatic rings. The van der Waals surface area contributed by atoms with Crippen LogP contribution in [0.25, 0.3) is 0 Å². The highest BCUT2D eigenvalue weighted by Crippen LogP contribution is 2.32. The summed E-state index contributed by atoms with van der Waals surface area (Å²) in [7, 11) is 1.77. The first kappa shape index (κ1) is 22.2. The number of halogens is 4. The van der Waals surface area contributed by atoms with E-state index in [0.29, 0.717) is 19.3 Å². The molecule has 1 aliphatic heterocycles. The van der Waals surface area contributed by atoms with Crippen molar-refractivity contribution in [1.29, 1.82) is 0 Å². The number of ether oxygens (including phenoxy) is 2. The maximum atomic E-state index is 14.4. The number of hydrogen-bond acceptors (Lipinski definition) is 3. The van der Waals surface area contributed by atoms with Crippen molar-refractivity contribution in [2.75, 3.05) is 13.2 Å². The summed E-state index contributed by atoms with van der Waals surface area (Å²) in [6, 6.07) is 4.20. The standard InChI is InChI=1S/C20H23F4N3O3/c1-19(2,3)14-10-15(27(26(14)4)11-16-29-8-9-30-16)25-18(28)12-6-5-7-13(17(12)21)20(22,23)24/h5-7,10,16H,8-9,11H2,1-4H3. The maximum Gasteiger partial charge on any atom is 0.419 e. The average Bonchev–Trinajstić information content (AvgIpc) is 3.24. The van der Waals surface area contributed by atoms with Crippen molar-refractivity contribution in [3.05, 3.63) is 52.4 Å². The number of hydrogen-bond donors (Lipinski definition) is 0. The Bertz CT molecular complexity index is 1010. The van der Waals surface area contributed by atoms with Crippen LogP contribution in [0.1, 0.15) is 42.4 Å². The minimum Gasteiger partial charge on any atom is -0.348 e. The molecule has 1 aliphatic rings. The molecular formula is C20H23F4N3O3. The molecule has 1 fully saturated rings. The number of aromatic nitrogens is 2. The summed E-state index contributed by atoms with van der Waals surface area (Å²) in [4.78, 5) is 16.5. The van der Waals surface area contributed by atoms with E-state index in [-0.39, 0.29) is 17.4 Å². The summed E-state index contributed by atoms with van der Waals surface area (Å²) >= 11 is 0. The Labute approximate surface area is 170 Å². The summed E-state index contributed by atoms with van der Waals surface area (Å²) in [5, 5.41) is 0. The van der Waals surface area contributed by atoms with Gasteiger partial charge in [-0.2, -0.15) is 18.2 Å². The van der Waals surface area contributed by atoms with E-state index in [4.69, 9.17) is 9.47 Å². The Kier molecular flexibility index (Phi) is 5.92. The van der Waals surface area contributed by atoms with Crippen LogP contribution in [0.3, 0.4) is 0 Å². The average molecular weight is 429 g/mol. The van der Waals surface area contributed by atoms with Crippen LogP contribution in [0.15, 0.2) is 29.3 Å². The van der Waals surface area contributed by atoms with Gasteiger partial charge in [0.15, 0.2) is 11.8 Å². The highest BCUT2D eigenvalue weighted by Gasteiger charge is 2.35. The minimum absolute atomic E-state index is 0.170. The van der Waals surface area contributed by atoms with Crippen molar-refractivity contribution in [3.8, 4) is 0 Å². The molecule has 0 aliphatic carbocycles. The molecule has 0 bridgehead atoms. The Morgan fingerprint density at radius 1 is 1.20 bits per heavy atom. The van der Waals surface area contributed by atoms with Gasteiger partial charge in [-0.3, -0.25) is 14.2 Å². The van der Waals surface area contributed by atoms with E-state index in [1.165, 1.54) is 0 Å². The lowest BCUT2D eigenvalue weighted by molar-refractivity contribution is -0.140. The highest BCUT2D eigenvalue weighted by atomic mass is 19.4. The first-order valence-electron chi connectivity index (χ1n) is 9.35. The summed E-state index contributed by atoms with van der Waals surface area (Å²) in [6.07, 6.45) is -5.46. The Balaban J connectivity index is 2.09. The van der Waals surface area contributed by atoms with Crippen molar-refractivity contribution in [1.82, 2.24) is 9.36 Å². The minimum atomic E-state index is -4.91. The topological polar surface area (TPSA) is 57.8 Å². The monoisotopic (exact) mass is 429 g/mol. The van der Waals surface area contributed by atoms with Gasteiger partial charge in [0, 0.05) is 24.2 Å². The van der Waals surface area contributed by atoms with Gasteiger partial charge in [-0.25, -0.2) is 4.39 Å². The van der Waals surface area contributed by atoms with Crippen LogP contribution in [0.4, 0.5) is 17.6 Å².